The summed E-state index contributed by atoms with van der Waals surface area (Å²) in [7, 11) is 0. The van der Waals surface area contributed by atoms with Crippen LogP contribution >= 0.6 is 0 Å². The Hall–Kier alpha value is 0.856. The topological polar surface area (TPSA) is 0 Å². The van der Waals surface area contributed by atoms with Crippen LogP contribution in [0, 0.1) is 0 Å². The molecule has 0 N–H and O–H groups in total. The summed E-state index contributed by atoms with van der Waals surface area (Å²) < 4.78 is 0. The molecule has 0 aliphatic rings. The fraction of sp³-hybridized carbons (Fsp3) is 0.727. The zero-order valence-electron chi connectivity index (χ0n) is 17.0. The molecule has 1 aromatic carbocycles. The van der Waals surface area contributed by atoms with Gasteiger partial charge in [0.2, 0.25) is 0 Å². The molecule has 1 rings (SSSR count). The number of unbranched alkanes of at least 4 members (excludes halogenated alkanes) is 13. The Balaban J connectivity index is 0. The first-order chi connectivity index (χ1) is 10.9. The van der Waals surface area contributed by atoms with Crippen molar-refractivity contribution in [2.75, 3.05) is 0 Å². The fourth-order valence-corrected chi connectivity index (χ4v) is 3.17. The molecular weight excluding hydrogens is 303 g/mol. The second-order valence-corrected chi connectivity index (χ2v) is 6.83. The molecule has 0 aliphatic heterocycles. The maximum absolute atomic E-state index is 2.29. The fourth-order valence-electron chi connectivity index (χ4n) is 3.17. The van der Waals surface area contributed by atoms with Crippen LogP contribution in [-0.2, 0) is 6.42 Å². The van der Waals surface area contributed by atoms with Crippen LogP contribution in [-0.4, -0.2) is 0 Å². The molecule has 23 heavy (non-hydrogen) atoms. The smallest absolute Gasteiger partial charge is 1.00 e. The summed E-state index contributed by atoms with van der Waals surface area (Å²) in [6, 6.07) is 10.9. The van der Waals surface area contributed by atoms with Gasteiger partial charge in [-0.15, -0.1) is 0 Å². The Bertz CT molecular complexity index is 326. The third-order valence-electron chi connectivity index (χ3n) is 4.66. The zero-order valence-corrected chi connectivity index (χ0v) is 19.1. The van der Waals surface area contributed by atoms with Crippen LogP contribution < -0.4 is 51.4 Å². The van der Waals surface area contributed by atoms with Gasteiger partial charge in [-0.1, -0.05) is 121 Å². The third kappa shape index (κ3) is 16.1. The van der Waals surface area contributed by atoms with Gasteiger partial charge in [0.1, 0.15) is 0 Å². The van der Waals surface area contributed by atoms with E-state index in [-0.39, 0.29) is 52.8 Å². The van der Waals surface area contributed by atoms with Crippen LogP contribution in [0.5, 0.6) is 0 Å². The largest absolute Gasteiger partial charge is 1.00 e. The Kier molecular flexibility index (Phi) is 19.9. The molecule has 0 atom stereocenters. The normalized spacial score (nSPS) is 10.5. The predicted octanol–water partition coefficient (Wildman–Crippen LogP) is 4.83. The van der Waals surface area contributed by atoms with Crippen molar-refractivity contribution >= 4 is 0 Å². The third-order valence-corrected chi connectivity index (χ3v) is 4.66. The maximum atomic E-state index is 2.29. The number of aryl methyl sites for hydroxylation is 1. The van der Waals surface area contributed by atoms with Crippen LogP contribution in [0.2, 0.25) is 0 Å². The Morgan fingerprint density at radius 1 is 0.565 bits per heavy atom. The summed E-state index contributed by atoms with van der Waals surface area (Å²) in [5.41, 5.74) is 1.50. The molecule has 0 bridgehead atoms. The first-order valence-electron chi connectivity index (χ1n) is 9.97. The van der Waals surface area contributed by atoms with E-state index in [9.17, 15) is 0 Å². The maximum Gasteiger partial charge on any atom is 1.00 e. The van der Waals surface area contributed by atoms with Crippen molar-refractivity contribution in [2.24, 2.45) is 0 Å². The second-order valence-electron chi connectivity index (χ2n) is 6.83. The number of rotatable bonds is 15. The van der Waals surface area contributed by atoms with E-state index < -0.39 is 0 Å². The van der Waals surface area contributed by atoms with E-state index >= 15 is 0 Å². The van der Waals surface area contributed by atoms with Crippen molar-refractivity contribution in [2.45, 2.75) is 103 Å². The molecule has 0 nitrogen and oxygen atoms in total. The van der Waals surface area contributed by atoms with Crippen molar-refractivity contribution in [3.8, 4) is 0 Å². The van der Waals surface area contributed by atoms with Crippen molar-refractivity contribution < 1.29 is 52.8 Å². The average molecular weight is 343 g/mol. The summed E-state index contributed by atoms with van der Waals surface area (Å²) >= 11 is 0. The number of benzene rings is 1. The molecule has 0 aliphatic carbocycles. The molecule has 0 spiro atoms. The molecule has 1 aromatic rings. The minimum Gasteiger partial charge on any atom is -1.00 e. The molecule has 0 aromatic heterocycles. The molecule has 0 unspecified atom stereocenters. The summed E-state index contributed by atoms with van der Waals surface area (Å²) in [6.45, 7) is 2.29. The molecular formula is C22H39K. The zero-order chi connectivity index (χ0) is 15.7. The van der Waals surface area contributed by atoms with Crippen LogP contribution in [0.3, 0.4) is 0 Å². The van der Waals surface area contributed by atoms with Gasteiger partial charge >= 0.3 is 51.4 Å². The van der Waals surface area contributed by atoms with E-state index in [1.54, 1.807) is 0 Å². The number of hydrogen-bond acceptors (Lipinski definition) is 0. The van der Waals surface area contributed by atoms with E-state index in [1.807, 2.05) is 0 Å². The van der Waals surface area contributed by atoms with Gasteiger partial charge in [-0.3, -0.25) is 0 Å². The van der Waals surface area contributed by atoms with Gasteiger partial charge in [0.15, 0.2) is 0 Å². The van der Waals surface area contributed by atoms with Gasteiger partial charge < -0.3 is 1.43 Å². The first-order valence-corrected chi connectivity index (χ1v) is 9.97. The molecule has 0 saturated carbocycles. The van der Waals surface area contributed by atoms with Crippen molar-refractivity contribution in [3.05, 3.63) is 35.9 Å². The van der Waals surface area contributed by atoms with E-state index in [4.69, 9.17) is 0 Å². The van der Waals surface area contributed by atoms with Gasteiger partial charge in [-0.25, -0.2) is 0 Å². The minimum atomic E-state index is 0. The van der Waals surface area contributed by atoms with Crippen LogP contribution in [0.4, 0.5) is 0 Å². The summed E-state index contributed by atoms with van der Waals surface area (Å²) in [5.74, 6) is 0. The molecule has 0 saturated heterocycles. The monoisotopic (exact) mass is 342 g/mol. The summed E-state index contributed by atoms with van der Waals surface area (Å²) in [5, 5.41) is 0. The molecule has 0 heterocycles. The van der Waals surface area contributed by atoms with E-state index in [1.165, 1.54) is 102 Å². The van der Waals surface area contributed by atoms with Crippen molar-refractivity contribution in [1.29, 1.82) is 0 Å². The van der Waals surface area contributed by atoms with Crippen LogP contribution in [0.25, 0.3) is 0 Å². The number of hydrogen-bond donors (Lipinski definition) is 0. The van der Waals surface area contributed by atoms with Crippen LogP contribution in [0.1, 0.15) is 104 Å². The van der Waals surface area contributed by atoms with E-state index in [0.29, 0.717) is 0 Å². The van der Waals surface area contributed by atoms with E-state index in [2.05, 4.69) is 37.3 Å². The molecule has 0 amide bonds. The Labute approximate surface area is 190 Å². The van der Waals surface area contributed by atoms with Crippen molar-refractivity contribution in [3.63, 3.8) is 0 Å². The molecule has 128 valence electrons. The molecule has 0 fully saturated rings. The van der Waals surface area contributed by atoms with Crippen LogP contribution in [0.15, 0.2) is 30.3 Å². The SMILES string of the molecule is CCCCCCCCCCCCCCCCc1ccccc1.[H-].[K+]. The first kappa shape index (κ1) is 23.9. The molecule has 1 heteroatoms. The van der Waals surface area contributed by atoms with Crippen molar-refractivity contribution in [1.82, 2.24) is 0 Å². The summed E-state index contributed by atoms with van der Waals surface area (Å²) in [4.78, 5) is 0. The van der Waals surface area contributed by atoms with Gasteiger partial charge in [-0.2, -0.15) is 0 Å². The quantitative estimate of drug-likeness (QED) is 0.316. The summed E-state index contributed by atoms with van der Waals surface area (Å²) in [6.07, 6.45) is 21.5. The minimum absolute atomic E-state index is 0. The Morgan fingerprint density at radius 2 is 0.957 bits per heavy atom. The molecule has 0 radical (unpaired) electrons. The van der Waals surface area contributed by atoms with Gasteiger partial charge in [0.05, 0.1) is 0 Å². The average Bonchev–Trinajstić information content (AvgIpc) is 2.56. The predicted molar refractivity (Wildman–Crippen MR) is 102 cm³/mol. The second kappa shape index (κ2) is 19.2. The standard InChI is InChI=1S/C22H38.K.H/c1-2-3-4-5-6-7-8-9-10-11-12-13-14-16-19-22-20-17-15-18-21-22;;/h15,17-18,20-21H,2-14,16,19H2,1H3;;/q;+1;-1. The van der Waals surface area contributed by atoms with E-state index in [0.717, 1.165) is 0 Å². The Morgan fingerprint density at radius 3 is 1.39 bits per heavy atom. The van der Waals surface area contributed by atoms with Gasteiger partial charge in [-0.05, 0) is 18.4 Å². The van der Waals surface area contributed by atoms with Gasteiger partial charge in [0.25, 0.3) is 0 Å². The van der Waals surface area contributed by atoms with Gasteiger partial charge in [0, 0.05) is 0 Å².